The van der Waals surface area contributed by atoms with Crippen LogP contribution < -0.4 is 0 Å². The molecule has 0 aliphatic heterocycles. The summed E-state index contributed by atoms with van der Waals surface area (Å²) < 4.78 is 2.68. The van der Waals surface area contributed by atoms with Gasteiger partial charge in [0.1, 0.15) is 0 Å². The van der Waals surface area contributed by atoms with Gasteiger partial charge in [-0.05, 0) is 66.7 Å². The zero-order valence-electron chi connectivity index (χ0n) is 20.1. The van der Waals surface area contributed by atoms with E-state index in [9.17, 15) is 0 Å². The Kier molecular flexibility index (Phi) is 4.49. The van der Waals surface area contributed by atoms with Gasteiger partial charge in [0.2, 0.25) is 0 Å². The third-order valence-electron chi connectivity index (χ3n) is 7.66. The second kappa shape index (κ2) is 8.03. The van der Waals surface area contributed by atoms with Crippen LogP contribution in [0.1, 0.15) is 0 Å². The molecule has 37 heavy (non-hydrogen) atoms. The summed E-state index contributed by atoms with van der Waals surface area (Å²) in [5.74, 6) is 0. The number of hydrogen-bond acceptors (Lipinski definition) is 1. The number of thiophene rings is 1. The normalized spacial score (nSPS) is 11.8. The molecule has 172 valence electrons. The van der Waals surface area contributed by atoms with Crippen molar-refractivity contribution in [3.63, 3.8) is 0 Å². The SMILES string of the molecule is c1ccc2c(-c3c4ccccc4c(-c4ccc5c(c4)sc4ccccc45)c4ccccc34)cccc2c1. The Balaban J connectivity index is 1.51. The number of fused-ring (bicyclic) bond motifs is 6. The van der Waals surface area contributed by atoms with Crippen LogP contribution in [0.4, 0.5) is 0 Å². The van der Waals surface area contributed by atoms with Gasteiger partial charge in [0.05, 0.1) is 0 Å². The molecule has 8 aromatic rings. The lowest BCUT2D eigenvalue weighted by Crippen LogP contribution is -1.91. The molecule has 1 heterocycles. The second-order valence-electron chi connectivity index (χ2n) is 9.68. The van der Waals surface area contributed by atoms with Crippen molar-refractivity contribution in [1.29, 1.82) is 0 Å². The highest BCUT2D eigenvalue weighted by Crippen LogP contribution is 2.46. The first-order valence-corrected chi connectivity index (χ1v) is 13.5. The first-order valence-electron chi connectivity index (χ1n) is 12.7. The molecule has 0 saturated carbocycles. The van der Waals surface area contributed by atoms with Crippen LogP contribution in [-0.2, 0) is 0 Å². The summed E-state index contributed by atoms with van der Waals surface area (Å²) in [6, 6.07) is 49.0. The van der Waals surface area contributed by atoms with Crippen LogP contribution in [0.3, 0.4) is 0 Å². The van der Waals surface area contributed by atoms with E-state index in [0.29, 0.717) is 0 Å². The van der Waals surface area contributed by atoms with Gasteiger partial charge in [0.25, 0.3) is 0 Å². The van der Waals surface area contributed by atoms with Crippen molar-refractivity contribution in [2.24, 2.45) is 0 Å². The fourth-order valence-electron chi connectivity index (χ4n) is 6.05. The maximum atomic E-state index is 2.39. The van der Waals surface area contributed by atoms with Gasteiger partial charge in [-0.2, -0.15) is 0 Å². The summed E-state index contributed by atoms with van der Waals surface area (Å²) in [5, 5.41) is 10.4. The van der Waals surface area contributed by atoms with Gasteiger partial charge in [-0.15, -0.1) is 11.3 Å². The van der Waals surface area contributed by atoms with E-state index in [1.54, 1.807) is 0 Å². The first kappa shape index (κ1) is 20.7. The molecule has 1 heteroatoms. The van der Waals surface area contributed by atoms with Gasteiger partial charge in [-0.25, -0.2) is 0 Å². The molecule has 0 amide bonds. The van der Waals surface area contributed by atoms with Crippen molar-refractivity contribution in [2.45, 2.75) is 0 Å². The van der Waals surface area contributed by atoms with Gasteiger partial charge in [-0.3, -0.25) is 0 Å². The fraction of sp³-hybridized carbons (Fsp3) is 0. The molecular weight excluding hydrogens is 464 g/mol. The van der Waals surface area contributed by atoms with Crippen LogP contribution in [-0.4, -0.2) is 0 Å². The summed E-state index contributed by atoms with van der Waals surface area (Å²) in [7, 11) is 0. The van der Waals surface area contributed by atoms with Gasteiger partial charge in [0.15, 0.2) is 0 Å². The minimum absolute atomic E-state index is 1.27. The average molecular weight is 487 g/mol. The lowest BCUT2D eigenvalue weighted by atomic mass is 9.84. The summed E-state index contributed by atoms with van der Waals surface area (Å²) >= 11 is 1.88. The Labute approximate surface area is 219 Å². The number of rotatable bonds is 2. The van der Waals surface area contributed by atoms with Crippen LogP contribution in [0.15, 0.2) is 133 Å². The van der Waals surface area contributed by atoms with Crippen molar-refractivity contribution in [3.05, 3.63) is 133 Å². The maximum absolute atomic E-state index is 2.39. The maximum Gasteiger partial charge on any atom is 0.0361 e. The Morgan fingerprint density at radius 3 is 1.62 bits per heavy atom. The van der Waals surface area contributed by atoms with Crippen LogP contribution in [0.25, 0.3) is 74.7 Å². The van der Waals surface area contributed by atoms with Crippen molar-refractivity contribution in [1.82, 2.24) is 0 Å². The molecule has 0 aliphatic carbocycles. The smallest absolute Gasteiger partial charge is 0.0361 e. The summed E-state index contributed by atoms with van der Waals surface area (Å²) in [4.78, 5) is 0. The quantitative estimate of drug-likeness (QED) is 0.213. The van der Waals surface area contributed by atoms with E-state index in [1.165, 1.54) is 74.7 Å². The first-order chi connectivity index (χ1) is 18.4. The minimum atomic E-state index is 1.27. The summed E-state index contributed by atoms with van der Waals surface area (Å²) in [6.45, 7) is 0. The monoisotopic (exact) mass is 486 g/mol. The molecule has 0 saturated heterocycles. The molecule has 0 fully saturated rings. The molecule has 7 aromatic carbocycles. The Morgan fingerprint density at radius 2 is 0.892 bits per heavy atom. The molecule has 0 aliphatic rings. The highest BCUT2D eigenvalue weighted by atomic mass is 32.1. The van der Waals surface area contributed by atoms with Crippen molar-refractivity contribution in [2.75, 3.05) is 0 Å². The van der Waals surface area contributed by atoms with Crippen molar-refractivity contribution < 1.29 is 0 Å². The molecule has 0 bridgehead atoms. The molecule has 0 spiro atoms. The largest absolute Gasteiger partial charge is 0.135 e. The van der Waals surface area contributed by atoms with E-state index in [2.05, 4.69) is 133 Å². The predicted octanol–water partition coefficient (Wildman–Crippen LogP) is 10.8. The van der Waals surface area contributed by atoms with E-state index in [-0.39, 0.29) is 0 Å². The van der Waals surface area contributed by atoms with Gasteiger partial charge >= 0.3 is 0 Å². The van der Waals surface area contributed by atoms with Crippen LogP contribution in [0, 0.1) is 0 Å². The van der Waals surface area contributed by atoms with E-state index in [4.69, 9.17) is 0 Å². The zero-order valence-corrected chi connectivity index (χ0v) is 20.9. The Morgan fingerprint density at radius 1 is 0.351 bits per heavy atom. The van der Waals surface area contributed by atoms with E-state index >= 15 is 0 Å². The molecule has 0 N–H and O–H groups in total. The minimum Gasteiger partial charge on any atom is -0.135 e. The van der Waals surface area contributed by atoms with Crippen LogP contribution >= 0.6 is 11.3 Å². The van der Waals surface area contributed by atoms with Gasteiger partial charge < -0.3 is 0 Å². The fourth-order valence-corrected chi connectivity index (χ4v) is 7.20. The topological polar surface area (TPSA) is 0 Å². The molecule has 0 atom stereocenters. The lowest BCUT2D eigenvalue weighted by Gasteiger charge is -2.18. The molecule has 0 unspecified atom stereocenters. The van der Waals surface area contributed by atoms with Crippen LogP contribution in [0.2, 0.25) is 0 Å². The second-order valence-corrected chi connectivity index (χ2v) is 10.8. The van der Waals surface area contributed by atoms with E-state index in [0.717, 1.165) is 0 Å². The molecular formula is C36H22S. The highest BCUT2D eigenvalue weighted by Gasteiger charge is 2.18. The summed E-state index contributed by atoms with van der Waals surface area (Å²) in [6.07, 6.45) is 0. The summed E-state index contributed by atoms with van der Waals surface area (Å²) in [5.41, 5.74) is 5.19. The zero-order chi connectivity index (χ0) is 24.3. The lowest BCUT2D eigenvalue weighted by molar-refractivity contribution is 1.69. The van der Waals surface area contributed by atoms with Crippen LogP contribution in [0.5, 0.6) is 0 Å². The van der Waals surface area contributed by atoms with Crippen molar-refractivity contribution in [3.8, 4) is 22.3 Å². The van der Waals surface area contributed by atoms with E-state index in [1.807, 2.05) is 11.3 Å². The molecule has 0 radical (unpaired) electrons. The molecule has 1 aromatic heterocycles. The Bertz CT molecular complexity index is 2080. The standard InChI is InChI=1S/C36H22S/c1-2-12-25-23(10-1)11-9-18-28(25)36-31-16-5-3-14-29(31)35(30-15-4-6-17-32(30)36)24-20-21-27-26-13-7-8-19-33(26)37-34(27)22-24/h1-22H. The number of benzene rings is 7. The van der Waals surface area contributed by atoms with Gasteiger partial charge in [-0.1, -0.05) is 121 Å². The molecule has 0 nitrogen and oxygen atoms in total. The van der Waals surface area contributed by atoms with Gasteiger partial charge in [0, 0.05) is 20.2 Å². The third kappa shape index (κ3) is 3.08. The number of hydrogen-bond donors (Lipinski definition) is 0. The average Bonchev–Trinajstić information content (AvgIpc) is 3.33. The van der Waals surface area contributed by atoms with E-state index < -0.39 is 0 Å². The highest BCUT2D eigenvalue weighted by molar-refractivity contribution is 7.25. The Hall–Kier alpha value is -4.46. The predicted molar refractivity (Wildman–Crippen MR) is 163 cm³/mol. The molecule has 8 rings (SSSR count). The third-order valence-corrected chi connectivity index (χ3v) is 8.79. The van der Waals surface area contributed by atoms with Crippen molar-refractivity contribution >= 4 is 63.8 Å².